The average molecular weight is 500 g/mol. The lowest BCUT2D eigenvalue weighted by Crippen LogP contribution is -2.29. The standard InChI is InChI=1S/C24H23F3N6O3/c1-14(22-31-15(2)32-33(22)21-4-3-16(12-28)13-29-21)30-23(34)17-9-18(24(25,26)27)11-20(10-17)36-19-5-7-35-8-6-19/h3-4,9-11,13-14,19H,5-8H2,1-2H3,(H,30,34). The second-order valence-corrected chi connectivity index (χ2v) is 8.31. The summed E-state index contributed by atoms with van der Waals surface area (Å²) in [5.41, 5.74) is -0.814. The molecule has 2 aromatic heterocycles. The normalized spacial score (nSPS) is 15.2. The highest BCUT2D eigenvalue weighted by molar-refractivity contribution is 5.95. The topological polar surface area (TPSA) is 115 Å². The van der Waals surface area contributed by atoms with Gasteiger partial charge in [0.2, 0.25) is 0 Å². The summed E-state index contributed by atoms with van der Waals surface area (Å²) in [6, 6.07) is 7.37. The van der Waals surface area contributed by atoms with Gasteiger partial charge in [-0.15, -0.1) is 5.10 Å². The first-order valence-corrected chi connectivity index (χ1v) is 11.2. The molecule has 3 heterocycles. The van der Waals surface area contributed by atoms with Crippen molar-refractivity contribution >= 4 is 5.91 Å². The number of nitrogens with one attached hydrogen (secondary N) is 1. The Balaban J connectivity index is 1.58. The van der Waals surface area contributed by atoms with E-state index in [-0.39, 0.29) is 17.4 Å². The van der Waals surface area contributed by atoms with Crippen molar-refractivity contribution in [2.24, 2.45) is 0 Å². The number of nitriles is 1. The SMILES string of the molecule is Cc1nc(C(C)NC(=O)c2cc(OC3CCOCC3)cc(C(F)(F)F)c2)n(-c2ccc(C#N)cn2)n1. The third kappa shape index (κ3) is 5.80. The van der Waals surface area contributed by atoms with Gasteiger partial charge in [0, 0.05) is 24.6 Å². The second kappa shape index (κ2) is 10.3. The number of hydrogen-bond donors (Lipinski definition) is 1. The lowest BCUT2D eigenvalue weighted by Gasteiger charge is -2.24. The van der Waals surface area contributed by atoms with Crippen LogP contribution in [-0.2, 0) is 10.9 Å². The molecule has 1 fully saturated rings. The van der Waals surface area contributed by atoms with Gasteiger partial charge >= 0.3 is 6.18 Å². The summed E-state index contributed by atoms with van der Waals surface area (Å²) in [6.45, 7) is 4.21. The number of benzene rings is 1. The second-order valence-electron chi connectivity index (χ2n) is 8.31. The number of aryl methyl sites for hydroxylation is 1. The zero-order chi connectivity index (χ0) is 25.9. The van der Waals surface area contributed by atoms with Gasteiger partial charge in [0.1, 0.15) is 23.7 Å². The van der Waals surface area contributed by atoms with E-state index < -0.39 is 23.7 Å². The molecule has 0 aliphatic carbocycles. The number of hydrogen-bond acceptors (Lipinski definition) is 7. The number of rotatable bonds is 6. The van der Waals surface area contributed by atoms with E-state index in [1.54, 1.807) is 26.0 Å². The van der Waals surface area contributed by atoms with Crippen LogP contribution in [0.15, 0.2) is 36.5 Å². The summed E-state index contributed by atoms with van der Waals surface area (Å²) < 4.78 is 53.1. The Morgan fingerprint density at radius 2 is 2.03 bits per heavy atom. The van der Waals surface area contributed by atoms with E-state index in [1.165, 1.54) is 16.9 Å². The number of nitrogens with zero attached hydrogens (tertiary/aromatic N) is 5. The van der Waals surface area contributed by atoms with Gasteiger partial charge in [-0.05, 0) is 44.2 Å². The monoisotopic (exact) mass is 500 g/mol. The molecule has 0 spiro atoms. The Bertz CT molecular complexity index is 1280. The molecule has 0 saturated carbocycles. The van der Waals surface area contributed by atoms with E-state index in [0.29, 0.717) is 49.1 Å². The van der Waals surface area contributed by atoms with Gasteiger partial charge in [-0.3, -0.25) is 4.79 Å². The van der Waals surface area contributed by atoms with Crippen LogP contribution in [0.5, 0.6) is 5.75 Å². The van der Waals surface area contributed by atoms with Gasteiger partial charge < -0.3 is 14.8 Å². The maximum atomic E-state index is 13.6. The molecule has 36 heavy (non-hydrogen) atoms. The van der Waals surface area contributed by atoms with Gasteiger partial charge in [-0.1, -0.05) is 0 Å². The highest BCUT2D eigenvalue weighted by Gasteiger charge is 2.33. The molecule has 1 amide bonds. The van der Waals surface area contributed by atoms with Crippen molar-refractivity contribution in [1.82, 2.24) is 25.1 Å². The first kappa shape index (κ1) is 25.1. The van der Waals surface area contributed by atoms with E-state index in [0.717, 1.165) is 12.1 Å². The first-order valence-electron chi connectivity index (χ1n) is 11.2. The summed E-state index contributed by atoms with van der Waals surface area (Å²) >= 11 is 0. The lowest BCUT2D eigenvalue weighted by atomic mass is 10.1. The molecule has 9 nitrogen and oxygen atoms in total. The quantitative estimate of drug-likeness (QED) is 0.546. The van der Waals surface area contributed by atoms with Crippen molar-refractivity contribution in [3.8, 4) is 17.6 Å². The number of amides is 1. The summed E-state index contributed by atoms with van der Waals surface area (Å²) in [7, 11) is 0. The number of carbonyl (C=O) groups is 1. The fourth-order valence-electron chi connectivity index (χ4n) is 3.75. The molecular formula is C24H23F3N6O3. The minimum absolute atomic E-state index is 0.0321. The van der Waals surface area contributed by atoms with E-state index >= 15 is 0 Å². The molecule has 1 aliphatic rings. The number of aromatic nitrogens is 4. The largest absolute Gasteiger partial charge is 0.490 e. The molecule has 1 unspecified atom stereocenters. The van der Waals surface area contributed by atoms with Crippen LogP contribution < -0.4 is 10.1 Å². The molecule has 1 aromatic carbocycles. The summed E-state index contributed by atoms with van der Waals surface area (Å²) in [5, 5.41) is 16.0. The molecule has 0 bridgehead atoms. The Hall–Kier alpha value is -3.98. The van der Waals surface area contributed by atoms with Crippen LogP contribution in [0.2, 0.25) is 0 Å². The van der Waals surface area contributed by atoms with Crippen LogP contribution in [0.4, 0.5) is 13.2 Å². The number of alkyl halides is 3. The summed E-state index contributed by atoms with van der Waals surface area (Å²) in [4.78, 5) is 21.6. The van der Waals surface area contributed by atoms with Crippen LogP contribution in [0, 0.1) is 18.3 Å². The predicted octanol–water partition coefficient (Wildman–Crippen LogP) is 3.91. The van der Waals surface area contributed by atoms with Crippen LogP contribution in [0.1, 0.15) is 58.9 Å². The maximum Gasteiger partial charge on any atom is 0.416 e. The van der Waals surface area contributed by atoms with Crippen molar-refractivity contribution < 1.29 is 27.4 Å². The Morgan fingerprint density at radius 3 is 2.67 bits per heavy atom. The summed E-state index contributed by atoms with van der Waals surface area (Å²) in [5.74, 6) is 0.338. The van der Waals surface area contributed by atoms with Gasteiger partial charge in [0.15, 0.2) is 11.6 Å². The van der Waals surface area contributed by atoms with Crippen LogP contribution in [-0.4, -0.2) is 45.0 Å². The lowest BCUT2D eigenvalue weighted by molar-refractivity contribution is -0.137. The number of pyridine rings is 1. The van der Waals surface area contributed by atoms with Crippen molar-refractivity contribution in [2.45, 2.75) is 45.0 Å². The molecule has 4 rings (SSSR count). The number of carbonyl (C=O) groups excluding carboxylic acids is 1. The van der Waals surface area contributed by atoms with Gasteiger partial charge in [0.25, 0.3) is 5.91 Å². The van der Waals surface area contributed by atoms with Crippen molar-refractivity contribution in [3.05, 3.63) is 64.9 Å². The summed E-state index contributed by atoms with van der Waals surface area (Å²) in [6.07, 6.45) is -2.48. The average Bonchev–Trinajstić information content (AvgIpc) is 3.25. The molecule has 1 atom stereocenters. The highest BCUT2D eigenvalue weighted by Crippen LogP contribution is 2.33. The molecule has 12 heteroatoms. The van der Waals surface area contributed by atoms with Gasteiger partial charge in [0.05, 0.1) is 30.4 Å². The van der Waals surface area contributed by atoms with Crippen LogP contribution >= 0.6 is 0 Å². The molecule has 3 aromatic rings. The molecule has 1 aliphatic heterocycles. The zero-order valence-electron chi connectivity index (χ0n) is 19.5. The van der Waals surface area contributed by atoms with Crippen molar-refractivity contribution in [2.75, 3.05) is 13.2 Å². The van der Waals surface area contributed by atoms with E-state index in [9.17, 15) is 18.0 Å². The van der Waals surface area contributed by atoms with E-state index in [1.807, 2.05) is 6.07 Å². The fraction of sp³-hybridized carbons (Fsp3) is 0.375. The Kier molecular flexibility index (Phi) is 7.21. The van der Waals surface area contributed by atoms with Crippen molar-refractivity contribution in [3.63, 3.8) is 0 Å². The highest BCUT2D eigenvalue weighted by atomic mass is 19.4. The Labute approximate surface area is 204 Å². The van der Waals surface area contributed by atoms with Crippen LogP contribution in [0.25, 0.3) is 5.82 Å². The molecule has 0 radical (unpaired) electrons. The zero-order valence-corrected chi connectivity index (χ0v) is 19.5. The number of halogens is 3. The molecule has 188 valence electrons. The third-order valence-corrected chi connectivity index (χ3v) is 5.53. The fourth-order valence-corrected chi connectivity index (χ4v) is 3.75. The van der Waals surface area contributed by atoms with E-state index in [4.69, 9.17) is 14.7 Å². The van der Waals surface area contributed by atoms with Gasteiger partial charge in [-0.2, -0.15) is 23.1 Å². The predicted molar refractivity (Wildman–Crippen MR) is 120 cm³/mol. The molecule has 1 N–H and O–H groups in total. The first-order chi connectivity index (χ1) is 17.1. The van der Waals surface area contributed by atoms with E-state index in [2.05, 4.69) is 20.4 Å². The third-order valence-electron chi connectivity index (χ3n) is 5.53. The van der Waals surface area contributed by atoms with Gasteiger partial charge in [-0.25, -0.2) is 9.97 Å². The minimum atomic E-state index is -4.66. The van der Waals surface area contributed by atoms with Crippen molar-refractivity contribution in [1.29, 1.82) is 5.26 Å². The number of ether oxygens (including phenoxy) is 2. The maximum absolute atomic E-state index is 13.6. The smallest absolute Gasteiger partial charge is 0.416 e. The minimum Gasteiger partial charge on any atom is -0.490 e. The molecular weight excluding hydrogens is 477 g/mol. The van der Waals surface area contributed by atoms with Crippen LogP contribution in [0.3, 0.4) is 0 Å². The Morgan fingerprint density at radius 1 is 1.28 bits per heavy atom. The molecule has 1 saturated heterocycles.